The van der Waals surface area contributed by atoms with Crippen LogP contribution in [0.4, 0.5) is 0 Å². The molecule has 0 fully saturated rings. The molecule has 0 saturated heterocycles. The van der Waals surface area contributed by atoms with Gasteiger partial charge in [0.2, 0.25) is 0 Å². The first-order valence-corrected chi connectivity index (χ1v) is 7.91. The summed E-state index contributed by atoms with van der Waals surface area (Å²) < 4.78 is 5.54. The minimum absolute atomic E-state index is 0.654. The van der Waals surface area contributed by atoms with Gasteiger partial charge in [0.15, 0.2) is 8.32 Å². The van der Waals surface area contributed by atoms with Gasteiger partial charge < -0.3 is 9.53 Å². The molecule has 0 aliphatic carbocycles. The second kappa shape index (κ2) is 5.39. The van der Waals surface area contributed by atoms with Gasteiger partial charge in [-0.25, -0.2) is 4.79 Å². The molecule has 13 heavy (non-hydrogen) atoms. The number of unbranched alkanes of at least 4 members (excludes halogenated alkanes) is 1. The number of hydrogen-bond donors (Lipinski definition) is 1. The van der Waals surface area contributed by atoms with Crippen molar-refractivity contribution in [3.8, 4) is 0 Å². The lowest BCUT2D eigenvalue weighted by atomic mass is 10.4. The lowest BCUT2D eigenvalue weighted by Crippen LogP contribution is -2.37. The van der Waals surface area contributed by atoms with E-state index in [4.69, 9.17) is 9.53 Å². The summed E-state index contributed by atoms with van der Waals surface area (Å²) in [5.74, 6) is -0.864. The smallest absolute Gasteiger partial charge is 0.331 e. The van der Waals surface area contributed by atoms with Gasteiger partial charge in [0.05, 0.1) is 0 Å². The van der Waals surface area contributed by atoms with Crippen LogP contribution in [0.3, 0.4) is 0 Å². The van der Waals surface area contributed by atoms with E-state index in [0.717, 1.165) is 18.9 Å². The average molecular weight is 204 g/mol. The van der Waals surface area contributed by atoms with E-state index in [-0.39, 0.29) is 0 Å². The predicted molar refractivity (Wildman–Crippen MR) is 55.4 cm³/mol. The van der Waals surface area contributed by atoms with Crippen molar-refractivity contribution >= 4 is 14.3 Å². The molecule has 0 aromatic rings. The van der Waals surface area contributed by atoms with Gasteiger partial charge in [-0.2, -0.15) is 0 Å². The predicted octanol–water partition coefficient (Wildman–Crippen LogP) is 2.48. The average Bonchev–Trinajstić information content (AvgIpc) is 2.00. The first kappa shape index (κ1) is 12.6. The largest absolute Gasteiger partial charge is 0.479 e. The summed E-state index contributed by atoms with van der Waals surface area (Å²) in [7, 11) is -1.73. The van der Waals surface area contributed by atoms with E-state index in [2.05, 4.69) is 20.0 Å². The molecule has 1 unspecified atom stereocenters. The molecule has 0 rings (SSSR count). The van der Waals surface area contributed by atoms with Crippen LogP contribution in [0.25, 0.3) is 0 Å². The fourth-order valence-electron chi connectivity index (χ4n) is 1.19. The summed E-state index contributed by atoms with van der Waals surface area (Å²) in [6.45, 7) is 7.87. The number of aliphatic carboxylic acids is 1. The third-order valence-corrected chi connectivity index (χ3v) is 4.53. The fraction of sp³-hybridized carbons (Fsp3) is 0.889. The molecule has 0 aromatic heterocycles. The second-order valence-electron chi connectivity index (χ2n) is 3.96. The van der Waals surface area contributed by atoms with Gasteiger partial charge in [0.1, 0.15) is 6.10 Å². The summed E-state index contributed by atoms with van der Waals surface area (Å²) in [5.41, 5.74) is 0. The van der Waals surface area contributed by atoms with Crippen molar-refractivity contribution in [1.29, 1.82) is 0 Å². The zero-order valence-electron chi connectivity index (χ0n) is 8.96. The standard InChI is InChI=1S/C9H20O3Si/c1-5-6-7-13(3,4)12-8(2)9(10)11/h8H,5-7H2,1-4H3,(H,10,11). The third kappa shape index (κ3) is 5.82. The highest BCUT2D eigenvalue weighted by molar-refractivity contribution is 6.71. The number of carboxylic acid groups (broad SMARTS) is 1. The SMILES string of the molecule is CCCC[Si](C)(C)OC(C)C(=O)O. The minimum atomic E-state index is -1.73. The normalized spacial score (nSPS) is 14.2. The van der Waals surface area contributed by atoms with E-state index in [1.807, 2.05) is 0 Å². The first-order valence-electron chi connectivity index (χ1n) is 4.79. The van der Waals surface area contributed by atoms with Crippen molar-refractivity contribution in [2.24, 2.45) is 0 Å². The van der Waals surface area contributed by atoms with Gasteiger partial charge >= 0.3 is 5.97 Å². The molecular weight excluding hydrogens is 184 g/mol. The summed E-state index contributed by atoms with van der Waals surface area (Å²) in [6, 6.07) is 1.04. The molecular formula is C9H20O3Si. The van der Waals surface area contributed by atoms with Crippen molar-refractivity contribution in [1.82, 2.24) is 0 Å². The zero-order valence-corrected chi connectivity index (χ0v) is 9.96. The number of rotatable bonds is 6. The zero-order chi connectivity index (χ0) is 10.5. The lowest BCUT2D eigenvalue weighted by Gasteiger charge is -2.25. The Morgan fingerprint density at radius 3 is 2.46 bits per heavy atom. The highest BCUT2D eigenvalue weighted by Gasteiger charge is 2.26. The maximum absolute atomic E-state index is 10.5. The van der Waals surface area contributed by atoms with E-state index in [0.29, 0.717) is 0 Å². The minimum Gasteiger partial charge on any atom is -0.479 e. The Morgan fingerprint density at radius 2 is 2.08 bits per heavy atom. The molecule has 1 N–H and O–H groups in total. The number of carbonyl (C=O) groups is 1. The van der Waals surface area contributed by atoms with Crippen molar-refractivity contribution in [2.45, 2.75) is 51.9 Å². The molecule has 0 aliphatic heterocycles. The Hall–Kier alpha value is -0.353. The molecule has 0 heterocycles. The van der Waals surface area contributed by atoms with E-state index in [9.17, 15) is 4.79 Å². The highest BCUT2D eigenvalue weighted by Crippen LogP contribution is 2.17. The molecule has 1 atom stereocenters. The molecule has 78 valence electrons. The van der Waals surface area contributed by atoms with Crippen molar-refractivity contribution < 1.29 is 14.3 Å². The summed E-state index contributed by atoms with van der Waals surface area (Å²) in [6.07, 6.45) is 1.62. The van der Waals surface area contributed by atoms with E-state index >= 15 is 0 Å². The molecule has 3 nitrogen and oxygen atoms in total. The van der Waals surface area contributed by atoms with Crippen LogP contribution in [-0.4, -0.2) is 25.5 Å². The fourth-order valence-corrected chi connectivity index (χ4v) is 3.57. The van der Waals surface area contributed by atoms with Crippen LogP contribution in [0.1, 0.15) is 26.7 Å². The van der Waals surface area contributed by atoms with Crippen LogP contribution >= 0.6 is 0 Å². The van der Waals surface area contributed by atoms with Crippen LogP contribution in [0.5, 0.6) is 0 Å². The van der Waals surface area contributed by atoms with Gasteiger partial charge in [-0.1, -0.05) is 19.8 Å². The molecule has 0 aromatic carbocycles. The Bertz CT molecular complexity index is 168. The molecule has 0 saturated carbocycles. The topological polar surface area (TPSA) is 46.5 Å². The van der Waals surface area contributed by atoms with Gasteiger partial charge in [-0.05, 0) is 26.1 Å². The van der Waals surface area contributed by atoms with Gasteiger partial charge in [-0.15, -0.1) is 0 Å². The third-order valence-electron chi connectivity index (χ3n) is 1.98. The van der Waals surface area contributed by atoms with Crippen molar-refractivity contribution in [3.63, 3.8) is 0 Å². The summed E-state index contributed by atoms with van der Waals surface area (Å²) in [4.78, 5) is 10.5. The molecule has 0 aliphatic rings. The van der Waals surface area contributed by atoms with E-state index in [1.54, 1.807) is 6.92 Å². The Kier molecular flexibility index (Phi) is 5.25. The van der Waals surface area contributed by atoms with Crippen molar-refractivity contribution in [3.05, 3.63) is 0 Å². The molecule has 0 amide bonds. The highest BCUT2D eigenvalue weighted by atomic mass is 28.4. The van der Waals surface area contributed by atoms with Gasteiger partial charge in [0, 0.05) is 0 Å². The Labute approximate surface area is 81.2 Å². The Balaban J connectivity index is 3.93. The lowest BCUT2D eigenvalue weighted by molar-refractivity contribution is -0.144. The molecule has 0 spiro atoms. The first-order chi connectivity index (χ1) is 5.89. The van der Waals surface area contributed by atoms with Crippen LogP contribution in [0, 0.1) is 0 Å². The quantitative estimate of drug-likeness (QED) is 0.676. The van der Waals surface area contributed by atoms with Gasteiger partial charge in [-0.3, -0.25) is 0 Å². The number of carboxylic acids is 1. The molecule has 0 bridgehead atoms. The molecule has 0 radical (unpaired) electrons. The maximum atomic E-state index is 10.5. The van der Waals surface area contributed by atoms with Crippen molar-refractivity contribution in [2.75, 3.05) is 0 Å². The number of hydrogen-bond acceptors (Lipinski definition) is 2. The van der Waals surface area contributed by atoms with E-state index in [1.165, 1.54) is 0 Å². The van der Waals surface area contributed by atoms with Crippen LogP contribution in [0.2, 0.25) is 19.1 Å². The summed E-state index contributed by atoms with van der Waals surface area (Å²) >= 11 is 0. The van der Waals surface area contributed by atoms with Crippen LogP contribution in [-0.2, 0) is 9.22 Å². The Morgan fingerprint density at radius 1 is 1.54 bits per heavy atom. The van der Waals surface area contributed by atoms with E-state index < -0.39 is 20.4 Å². The summed E-state index contributed by atoms with van der Waals surface area (Å²) in [5, 5.41) is 8.67. The molecule has 4 heteroatoms. The second-order valence-corrected chi connectivity index (χ2v) is 8.22. The van der Waals surface area contributed by atoms with Crippen LogP contribution in [0.15, 0.2) is 0 Å². The van der Waals surface area contributed by atoms with Gasteiger partial charge in [0.25, 0.3) is 0 Å². The maximum Gasteiger partial charge on any atom is 0.331 e. The van der Waals surface area contributed by atoms with Crippen LogP contribution < -0.4 is 0 Å². The monoisotopic (exact) mass is 204 g/mol.